The van der Waals surface area contributed by atoms with E-state index in [-0.39, 0.29) is 23.2 Å². The van der Waals surface area contributed by atoms with Crippen molar-refractivity contribution in [1.82, 2.24) is 15.1 Å². The summed E-state index contributed by atoms with van der Waals surface area (Å²) in [7, 11) is 1.43. The lowest BCUT2D eigenvalue weighted by molar-refractivity contribution is -0.163. The normalized spacial score (nSPS) is 12.7. The Labute approximate surface area is 152 Å². The molecule has 0 fully saturated rings. The first-order chi connectivity index (χ1) is 12.8. The molecule has 0 saturated heterocycles. The van der Waals surface area contributed by atoms with E-state index < -0.39 is 18.1 Å². The third kappa shape index (κ3) is 3.99. The first-order valence-corrected chi connectivity index (χ1v) is 8.13. The predicted molar refractivity (Wildman–Crippen MR) is 94.1 cm³/mol. The zero-order chi connectivity index (χ0) is 19.6. The zero-order valence-electron chi connectivity index (χ0n) is 14.3. The van der Waals surface area contributed by atoms with E-state index in [1.54, 1.807) is 30.3 Å². The maximum absolute atomic E-state index is 13.4. The SMILES string of the molecule is Cn1nc(CC(=O)N[C@H](c2ccccc2)C(F)(F)F)c2ccccc2c1=O. The second-order valence-electron chi connectivity index (χ2n) is 6.05. The summed E-state index contributed by atoms with van der Waals surface area (Å²) in [6.45, 7) is 0. The van der Waals surface area contributed by atoms with Gasteiger partial charge < -0.3 is 5.32 Å². The van der Waals surface area contributed by atoms with Gasteiger partial charge in [-0.05, 0) is 11.6 Å². The third-order valence-electron chi connectivity index (χ3n) is 4.13. The summed E-state index contributed by atoms with van der Waals surface area (Å²) in [6.07, 6.45) is -5.02. The lowest BCUT2D eigenvalue weighted by Crippen LogP contribution is -2.39. The topological polar surface area (TPSA) is 64.0 Å². The molecule has 0 saturated carbocycles. The van der Waals surface area contributed by atoms with Gasteiger partial charge in [0.2, 0.25) is 5.91 Å². The quantitative estimate of drug-likeness (QED) is 0.763. The number of nitrogens with one attached hydrogen (secondary N) is 1. The molecule has 0 aliphatic carbocycles. The Bertz CT molecular complexity index is 1030. The number of carbonyl (C=O) groups is 1. The van der Waals surface area contributed by atoms with Gasteiger partial charge in [0.15, 0.2) is 6.04 Å². The third-order valence-corrected chi connectivity index (χ3v) is 4.13. The Morgan fingerprint density at radius 1 is 1.07 bits per heavy atom. The molecule has 2 aromatic carbocycles. The summed E-state index contributed by atoms with van der Waals surface area (Å²) in [5, 5.41) is 6.87. The number of fused-ring (bicyclic) bond motifs is 1. The maximum Gasteiger partial charge on any atom is 0.412 e. The zero-order valence-corrected chi connectivity index (χ0v) is 14.3. The van der Waals surface area contributed by atoms with E-state index in [0.29, 0.717) is 10.8 Å². The summed E-state index contributed by atoms with van der Waals surface area (Å²) in [4.78, 5) is 24.5. The number of hydrogen-bond acceptors (Lipinski definition) is 3. The van der Waals surface area contributed by atoms with Gasteiger partial charge in [0, 0.05) is 12.4 Å². The van der Waals surface area contributed by atoms with E-state index in [1.807, 2.05) is 5.32 Å². The van der Waals surface area contributed by atoms with Crippen LogP contribution in [0.2, 0.25) is 0 Å². The largest absolute Gasteiger partial charge is 0.412 e. The van der Waals surface area contributed by atoms with E-state index in [0.717, 1.165) is 4.68 Å². The van der Waals surface area contributed by atoms with Crippen molar-refractivity contribution in [2.75, 3.05) is 0 Å². The Balaban J connectivity index is 1.90. The minimum Gasteiger partial charge on any atom is -0.340 e. The van der Waals surface area contributed by atoms with Crippen molar-refractivity contribution >= 4 is 16.7 Å². The van der Waals surface area contributed by atoms with Gasteiger partial charge in [0.1, 0.15) is 0 Å². The van der Waals surface area contributed by atoms with Crippen molar-refractivity contribution in [2.45, 2.75) is 18.6 Å². The molecule has 8 heteroatoms. The molecule has 0 aliphatic heterocycles. The highest BCUT2D eigenvalue weighted by atomic mass is 19.4. The van der Waals surface area contributed by atoms with Gasteiger partial charge in [-0.25, -0.2) is 4.68 Å². The van der Waals surface area contributed by atoms with Crippen LogP contribution in [0, 0.1) is 0 Å². The van der Waals surface area contributed by atoms with Crippen molar-refractivity contribution in [3.8, 4) is 0 Å². The molecule has 3 aromatic rings. The van der Waals surface area contributed by atoms with Gasteiger partial charge in [0.25, 0.3) is 5.56 Å². The molecule has 0 aliphatic rings. The fourth-order valence-electron chi connectivity index (χ4n) is 2.87. The Morgan fingerprint density at radius 2 is 1.67 bits per heavy atom. The molecule has 1 heterocycles. The van der Waals surface area contributed by atoms with Gasteiger partial charge in [-0.2, -0.15) is 18.3 Å². The van der Waals surface area contributed by atoms with Gasteiger partial charge in [-0.1, -0.05) is 48.5 Å². The van der Waals surface area contributed by atoms with Crippen molar-refractivity contribution in [1.29, 1.82) is 0 Å². The Kier molecular flexibility index (Phi) is 4.98. The summed E-state index contributed by atoms with van der Waals surface area (Å²) in [6, 6.07) is 11.6. The molecule has 27 heavy (non-hydrogen) atoms. The molecular formula is C19H16F3N3O2. The summed E-state index contributed by atoms with van der Waals surface area (Å²) in [5.74, 6) is -0.836. The maximum atomic E-state index is 13.4. The Morgan fingerprint density at radius 3 is 2.30 bits per heavy atom. The molecule has 1 aromatic heterocycles. The van der Waals surface area contributed by atoms with Gasteiger partial charge in [0.05, 0.1) is 17.5 Å². The van der Waals surface area contributed by atoms with Crippen molar-refractivity contribution in [3.05, 3.63) is 76.2 Å². The van der Waals surface area contributed by atoms with Gasteiger partial charge in [-0.3, -0.25) is 9.59 Å². The van der Waals surface area contributed by atoms with Crippen molar-refractivity contribution in [2.24, 2.45) is 7.05 Å². The highest BCUT2D eigenvalue weighted by molar-refractivity contribution is 5.88. The number of hydrogen-bond donors (Lipinski definition) is 1. The van der Waals surface area contributed by atoms with Crippen LogP contribution in [0.1, 0.15) is 17.3 Å². The molecular weight excluding hydrogens is 359 g/mol. The molecule has 1 atom stereocenters. The number of halogens is 3. The van der Waals surface area contributed by atoms with Crippen LogP contribution >= 0.6 is 0 Å². The fourth-order valence-corrected chi connectivity index (χ4v) is 2.87. The minimum atomic E-state index is -4.64. The fraction of sp³-hybridized carbons (Fsp3) is 0.211. The van der Waals surface area contributed by atoms with E-state index in [1.165, 1.54) is 31.3 Å². The average molecular weight is 375 g/mol. The number of nitrogens with zero attached hydrogens (tertiary/aromatic N) is 2. The van der Waals surface area contributed by atoms with Crippen molar-refractivity contribution in [3.63, 3.8) is 0 Å². The molecule has 0 spiro atoms. The predicted octanol–water partition coefficient (Wildman–Crippen LogP) is 2.90. The first-order valence-electron chi connectivity index (χ1n) is 8.13. The van der Waals surface area contributed by atoms with Crippen LogP contribution in [-0.4, -0.2) is 21.9 Å². The molecule has 1 amide bonds. The number of rotatable bonds is 4. The molecule has 5 nitrogen and oxygen atoms in total. The second-order valence-corrected chi connectivity index (χ2v) is 6.05. The lowest BCUT2D eigenvalue weighted by atomic mass is 10.1. The van der Waals surface area contributed by atoms with Crippen LogP contribution in [0.25, 0.3) is 10.8 Å². The van der Waals surface area contributed by atoms with Crippen molar-refractivity contribution < 1.29 is 18.0 Å². The molecule has 1 N–H and O–H groups in total. The highest BCUT2D eigenvalue weighted by Crippen LogP contribution is 2.32. The van der Waals surface area contributed by atoms with Crippen LogP contribution in [-0.2, 0) is 18.3 Å². The van der Waals surface area contributed by atoms with Crippen LogP contribution in [0.15, 0.2) is 59.4 Å². The molecule has 3 rings (SSSR count). The molecule has 140 valence electrons. The monoisotopic (exact) mass is 375 g/mol. The lowest BCUT2D eigenvalue weighted by Gasteiger charge is -2.22. The highest BCUT2D eigenvalue weighted by Gasteiger charge is 2.41. The van der Waals surface area contributed by atoms with Crippen LogP contribution in [0.3, 0.4) is 0 Å². The van der Waals surface area contributed by atoms with E-state index in [2.05, 4.69) is 5.10 Å². The van der Waals surface area contributed by atoms with E-state index in [9.17, 15) is 22.8 Å². The van der Waals surface area contributed by atoms with Gasteiger partial charge >= 0.3 is 6.18 Å². The number of amides is 1. The number of carbonyl (C=O) groups excluding carboxylic acids is 1. The number of benzene rings is 2. The summed E-state index contributed by atoms with van der Waals surface area (Å²) < 4.78 is 41.3. The summed E-state index contributed by atoms with van der Waals surface area (Å²) in [5.41, 5.74) is -0.164. The smallest absolute Gasteiger partial charge is 0.340 e. The average Bonchev–Trinajstić information content (AvgIpc) is 2.64. The summed E-state index contributed by atoms with van der Waals surface area (Å²) >= 11 is 0. The number of aromatic nitrogens is 2. The van der Waals surface area contributed by atoms with Crippen LogP contribution < -0.4 is 10.9 Å². The van der Waals surface area contributed by atoms with E-state index in [4.69, 9.17) is 0 Å². The van der Waals surface area contributed by atoms with Gasteiger partial charge in [-0.15, -0.1) is 0 Å². The molecule has 0 radical (unpaired) electrons. The Hall–Kier alpha value is -3.16. The number of aryl methyl sites for hydroxylation is 1. The van der Waals surface area contributed by atoms with Crippen LogP contribution in [0.5, 0.6) is 0 Å². The molecule has 0 unspecified atom stereocenters. The number of alkyl halides is 3. The molecule has 0 bridgehead atoms. The van der Waals surface area contributed by atoms with E-state index >= 15 is 0 Å². The van der Waals surface area contributed by atoms with Crippen LogP contribution in [0.4, 0.5) is 13.2 Å². The standard InChI is InChI=1S/C19H16F3N3O2/c1-25-18(27)14-10-6-5-9-13(14)15(24-25)11-16(26)23-17(19(20,21)22)12-7-3-2-4-8-12/h2-10,17H,11H2,1H3,(H,23,26)/t17-/m1/s1. The minimum absolute atomic E-state index is 0.0587. The first kappa shape index (κ1) is 18.6. The second kappa shape index (κ2) is 7.22.